The Bertz CT molecular complexity index is 236. The lowest BCUT2D eigenvalue weighted by Gasteiger charge is -2.23. The smallest absolute Gasteiger partial charge is 0.0256 e. The second kappa shape index (κ2) is 9.40. The van der Waals surface area contributed by atoms with Crippen molar-refractivity contribution in [3.8, 4) is 0 Å². The molecule has 0 spiro atoms. The van der Waals surface area contributed by atoms with Crippen LogP contribution in [0.4, 0.5) is 0 Å². The van der Waals surface area contributed by atoms with Gasteiger partial charge >= 0.3 is 0 Å². The number of hydrazine groups is 1. The fourth-order valence-electron chi connectivity index (χ4n) is 1.98. The summed E-state index contributed by atoms with van der Waals surface area (Å²) in [7, 11) is 0. The third-order valence-electron chi connectivity index (χ3n) is 3.03. The Balaban J connectivity index is 2.37. The summed E-state index contributed by atoms with van der Waals surface area (Å²) in [6.45, 7) is 13.0. The molecule has 4 nitrogen and oxygen atoms in total. The quantitative estimate of drug-likeness (QED) is 0.607. The molecule has 4 heteroatoms. The summed E-state index contributed by atoms with van der Waals surface area (Å²) in [5.74, 6) is 0.544. The molecule has 0 radical (unpaired) electrons. The minimum Gasteiger partial charge on any atom is -0.315 e. The third-order valence-corrected chi connectivity index (χ3v) is 3.03. The second-order valence-corrected chi connectivity index (χ2v) is 4.36. The number of nitrogens with one attached hydrogen (secondary N) is 3. The highest BCUT2D eigenvalue weighted by molar-refractivity contribution is 4.86. The van der Waals surface area contributed by atoms with Crippen molar-refractivity contribution in [3.63, 3.8) is 0 Å². The zero-order chi connectivity index (χ0) is 12.3. The van der Waals surface area contributed by atoms with Gasteiger partial charge in [-0.3, -0.25) is 5.43 Å². The van der Waals surface area contributed by atoms with Gasteiger partial charge in [-0.05, 0) is 25.0 Å². The summed E-state index contributed by atoms with van der Waals surface area (Å²) in [6.07, 6.45) is 3.23. The van der Waals surface area contributed by atoms with Gasteiger partial charge in [0.05, 0.1) is 0 Å². The molecule has 3 N–H and O–H groups in total. The van der Waals surface area contributed by atoms with E-state index in [4.69, 9.17) is 0 Å². The zero-order valence-electron chi connectivity index (χ0n) is 11.0. The molecule has 1 heterocycles. The zero-order valence-corrected chi connectivity index (χ0v) is 11.0. The van der Waals surface area contributed by atoms with Gasteiger partial charge in [-0.1, -0.05) is 13.5 Å². The fraction of sp³-hybridized carbons (Fsp3) is 0.769. The molecule has 17 heavy (non-hydrogen) atoms. The molecule has 1 atom stereocenters. The van der Waals surface area contributed by atoms with E-state index in [1.165, 1.54) is 0 Å². The molecule has 0 aromatic rings. The topological polar surface area (TPSA) is 39.3 Å². The van der Waals surface area contributed by atoms with Crippen LogP contribution in [0.3, 0.4) is 0 Å². The Morgan fingerprint density at radius 3 is 2.94 bits per heavy atom. The SMILES string of the molecule is C=C=CC1CCNCCNN(CC)CCNC1. The monoisotopic (exact) mass is 238 g/mol. The van der Waals surface area contributed by atoms with Crippen LogP contribution in [-0.4, -0.2) is 50.8 Å². The minimum absolute atomic E-state index is 0.544. The maximum atomic E-state index is 3.66. The standard InChI is InChI=1S/C13H26N4/c1-3-5-13-6-7-14-8-9-16-17(4-2)11-10-15-12-13/h5,13-16H,1,4,6-12H2,2H3. The molecule has 1 rings (SSSR count). The molecule has 0 amide bonds. The van der Waals surface area contributed by atoms with Gasteiger partial charge in [0.2, 0.25) is 0 Å². The summed E-state index contributed by atoms with van der Waals surface area (Å²) >= 11 is 0. The Morgan fingerprint density at radius 1 is 1.29 bits per heavy atom. The number of rotatable bonds is 2. The highest BCUT2D eigenvalue weighted by Gasteiger charge is 2.06. The first-order chi connectivity index (χ1) is 8.36. The lowest BCUT2D eigenvalue weighted by Crippen LogP contribution is -2.45. The van der Waals surface area contributed by atoms with E-state index in [-0.39, 0.29) is 0 Å². The van der Waals surface area contributed by atoms with Gasteiger partial charge in [-0.2, -0.15) is 0 Å². The Kier molecular flexibility index (Phi) is 7.97. The van der Waals surface area contributed by atoms with Crippen molar-refractivity contribution in [1.29, 1.82) is 0 Å². The average Bonchev–Trinajstić information content (AvgIpc) is 2.33. The van der Waals surface area contributed by atoms with Crippen molar-refractivity contribution in [2.75, 3.05) is 45.8 Å². The number of likely N-dealkylation sites (N-methyl/N-ethyl adjacent to an activating group) is 1. The first-order valence-electron chi connectivity index (χ1n) is 6.62. The van der Waals surface area contributed by atoms with Crippen LogP contribution in [0.5, 0.6) is 0 Å². The molecule has 1 unspecified atom stereocenters. The molecular formula is C13H26N4. The van der Waals surface area contributed by atoms with E-state index in [9.17, 15) is 0 Å². The lowest BCUT2D eigenvalue weighted by atomic mass is 10.1. The van der Waals surface area contributed by atoms with Crippen LogP contribution >= 0.6 is 0 Å². The van der Waals surface area contributed by atoms with Gasteiger partial charge in [0.1, 0.15) is 0 Å². The fourth-order valence-corrected chi connectivity index (χ4v) is 1.98. The first-order valence-corrected chi connectivity index (χ1v) is 6.62. The Labute approximate surface area is 105 Å². The number of nitrogens with zero attached hydrogens (tertiary/aromatic N) is 1. The first kappa shape index (κ1) is 14.4. The van der Waals surface area contributed by atoms with Crippen molar-refractivity contribution >= 4 is 0 Å². The second-order valence-electron chi connectivity index (χ2n) is 4.36. The van der Waals surface area contributed by atoms with Gasteiger partial charge < -0.3 is 10.6 Å². The summed E-state index contributed by atoms with van der Waals surface area (Å²) in [5, 5.41) is 9.20. The van der Waals surface area contributed by atoms with Gasteiger partial charge in [-0.15, -0.1) is 5.73 Å². The summed E-state index contributed by atoms with van der Waals surface area (Å²) < 4.78 is 0. The molecule has 1 saturated heterocycles. The van der Waals surface area contributed by atoms with Crippen LogP contribution in [-0.2, 0) is 0 Å². The largest absolute Gasteiger partial charge is 0.315 e. The maximum Gasteiger partial charge on any atom is 0.0256 e. The van der Waals surface area contributed by atoms with Crippen LogP contribution in [0, 0.1) is 5.92 Å². The van der Waals surface area contributed by atoms with Crippen molar-refractivity contribution in [1.82, 2.24) is 21.1 Å². The van der Waals surface area contributed by atoms with Gasteiger partial charge in [0.25, 0.3) is 0 Å². The Morgan fingerprint density at radius 2 is 2.18 bits per heavy atom. The molecule has 0 bridgehead atoms. The molecule has 1 fully saturated rings. The van der Waals surface area contributed by atoms with Crippen LogP contribution < -0.4 is 16.1 Å². The maximum absolute atomic E-state index is 3.66. The number of hydrogen-bond donors (Lipinski definition) is 3. The Hall–Kier alpha value is -0.640. The van der Waals surface area contributed by atoms with Gasteiger partial charge in [-0.25, -0.2) is 5.01 Å². The molecule has 1 aliphatic heterocycles. The van der Waals surface area contributed by atoms with Crippen molar-refractivity contribution < 1.29 is 0 Å². The van der Waals surface area contributed by atoms with Crippen molar-refractivity contribution in [2.45, 2.75) is 13.3 Å². The molecule has 0 aromatic heterocycles. The lowest BCUT2D eigenvalue weighted by molar-refractivity contribution is 0.196. The highest BCUT2D eigenvalue weighted by atomic mass is 15.5. The summed E-state index contributed by atoms with van der Waals surface area (Å²) in [5.41, 5.74) is 6.33. The van der Waals surface area contributed by atoms with Crippen molar-refractivity contribution in [2.24, 2.45) is 5.92 Å². The van der Waals surface area contributed by atoms with E-state index in [0.29, 0.717) is 5.92 Å². The average molecular weight is 238 g/mol. The van der Waals surface area contributed by atoms with E-state index < -0.39 is 0 Å². The minimum atomic E-state index is 0.544. The predicted octanol–water partition coefficient (Wildman–Crippen LogP) is 0.353. The predicted molar refractivity (Wildman–Crippen MR) is 72.8 cm³/mol. The third kappa shape index (κ3) is 6.61. The molecular weight excluding hydrogens is 212 g/mol. The summed E-state index contributed by atoms with van der Waals surface area (Å²) in [4.78, 5) is 0. The van der Waals surface area contributed by atoms with Gasteiger partial charge in [0, 0.05) is 39.3 Å². The van der Waals surface area contributed by atoms with E-state index in [2.05, 4.69) is 46.4 Å². The molecule has 0 saturated carbocycles. The van der Waals surface area contributed by atoms with E-state index >= 15 is 0 Å². The molecule has 98 valence electrons. The van der Waals surface area contributed by atoms with E-state index in [0.717, 1.165) is 52.2 Å². The van der Waals surface area contributed by atoms with Crippen LogP contribution in [0.15, 0.2) is 18.4 Å². The van der Waals surface area contributed by atoms with Crippen LogP contribution in [0.25, 0.3) is 0 Å². The van der Waals surface area contributed by atoms with Crippen LogP contribution in [0.1, 0.15) is 13.3 Å². The van der Waals surface area contributed by atoms with Crippen molar-refractivity contribution in [3.05, 3.63) is 18.4 Å². The normalized spacial score (nSPS) is 25.4. The molecule has 1 aliphatic rings. The molecule has 0 aliphatic carbocycles. The number of hydrogen-bond acceptors (Lipinski definition) is 4. The summed E-state index contributed by atoms with van der Waals surface area (Å²) in [6, 6.07) is 0. The van der Waals surface area contributed by atoms with E-state index in [1.807, 2.05) is 0 Å². The van der Waals surface area contributed by atoms with Gasteiger partial charge in [0.15, 0.2) is 0 Å². The molecule has 0 aromatic carbocycles. The highest BCUT2D eigenvalue weighted by Crippen LogP contribution is 2.02. The van der Waals surface area contributed by atoms with Crippen LogP contribution in [0.2, 0.25) is 0 Å². The van der Waals surface area contributed by atoms with E-state index in [1.54, 1.807) is 0 Å².